The standard InChI is InChI=1S/C17H22N2O6S/c1-25-14-5-4-13(19-16(21)6-7-17(19)22)9-15(14)26(23,24)18-8-2-3-12(10-18)11-20/h4-5,9,12,20H,2-3,6-8,10-11H2,1H3. The smallest absolute Gasteiger partial charge is 0.246 e. The topological polar surface area (TPSA) is 104 Å². The van der Waals surface area contributed by atoms with Gasteiger partial charge < -0.3 is 9.84 Å². The number of sulfonamides is 1. The summed E-state index contributed by atoms with van der Waals surface area (Å²) in [6.45, 7) is 0.515. The van der Waals surface area contributed by atoms with E-state index in [4.69, 9.17) is 4.74 Å². The molecular weight excluding hydrogens is 360 g/mol. The highest BCUT2D eigenvalue weighted by Gasteiger charge is 2.35. The second kappa shape index (κ2) is 7.34. The van der Waals surface area contributed by atoms with E-state index in [1.807, 2.05) is 0 Å². The molecule has 3 rings (SSSR count). The van der Waals surface area contributed by atoms with Crippen LogP contribution < -0.4 is 9.64 Å². The van der Waals surface area contributed by atoms with Crippen molar-refractivity contribution in [2.24, 2.45) is 5.92 Å². The fourth-order valence-corrected chi connectivity index (χ4v) is 5.13. The largest absolute Gasteiger partial charge is 0.495 e. The van der Waals surface area contributed by atoms with Crippen LogP contribution in [0.15, 0.2) is 23.1 Å². The average Bonchev–Trinajstić information content (AvgIpc) is 2.99. The summed E-state index contributed by atoms with van der Waals surface area (Å²) in [6, 6.07) is 4.28. The number of rotatable bonds is 5. The molecule has 0 saturated carbocycles. The lowest BCUT2D eigenvalue weighted by Gasteiger charge is -2.31. The lowest BCUT2D eigenvalue weighted by Crippen LogP contribution is -2.41. The minimum Gasteiger partial charge on any atom is -0.495 e. The van der Waals surface area contributed by atoms with Crippen LogP contribution in [-0.4, -0.2) is 56.5 Å². The molecule has 1 aromatic rings. The number of carbonyl (C=O) groups is 2. The summed E-state index contributed by atoms with van der Waals surface area (Å²) >= 11 is 0. The van der Waals surface area contributed by atoms with Gasteiger partial charge in [0.1, 0.15) is 10.6 Å². The molecule has 0 aliphatic carbocycles. The van der Waals surface area contributed by atoms with Crippen LogP contribution >= 0.6 is 0 Å². The molecule has 0 radical (unpaired) electrons. The van der Waals surface area contributed by atoms with Crippen molar-refractivity contribution in [1.82, 2.24) is 4.31 Å². The normalized spacial score (nSPS) is 22.1. The fourth-order valence-electron chi connectivity index (χ4n) is 3.40. The lowest BCUT2D eigenvalue weighted by atomic mass is 10.0. The number of aliphatic hydroxyl groups is 1. The Labute approximate surface area is 152 Å². The van der Waals surface area contributed by atoms with Crippen LogP contribution in [0.2, 0.25) is 0 Å². The van der Waals surface area contributed by atoms with Gasteiger partial charge in [0.2, 0.25) is 21.8 Å². The third kappa shape index (κ3) is 3.34. The number of amides is 2. The van der Waals surface area contributed by atoms with Crippen LogP contribution in [0.3, 0.4) is 0 Å². The maximum absolute atomic E-state index is 13.1. The molecule has 2 heterocycles. The van der Waals surface area contributed by atoms with Gasteiger partial charge in [-0.05, 0) is 37.0 Å². The van der Waals surface area contributed by atoms with Gasteiger partial charge in [0, 0.05) is 32.5 Å². The highest BCUT2D eigenvalue weighted by Crippen LogP contribution is 2.34. The first kappa shape index (κ1) is 18.8. The Hall–Kier alpha value is -1.97. The van der Waals surface area contributed by atoms with E-state index >= 15 is 0 Å². The van der Waals surface area contributed by atoms with Gasteiger partial charge in [-0.3, -0.25) is 14.5 Å². The zero-order chi connectivity index (χ0) is 18.9. The predicted octanol–water partition coefficient (Wildman–Crippen LogP) is 0.742. The summed E-state index contributed by atoms with van der Waals surface area (Å²) in [6.07, 6.45) is 1.68. The molecule has 142 valence electrons. The van der Waals surface area contributed by atoms with Crippen molar-refractivity contribution in [2.45, 2.75) is 30.6 Å². The van der Waals surface area contributed by atoms with E-state index in [-0.39, 0.29) is 60.1 Å². The number of piperidine rings is 1. The number of ether oxygens (including phenoxy) is 1. The second-order valence-electron chi connectivity index (χ2n) is 6.51. The molecule has 1 N–H and O–H groups in total. The van der Waals surface area contributed by atoms with Crippen molar-refractivity contribution in [2.75, 3.05) is 31.7 Å². The molecule has 2 fully saturated rings. The lowest BCUT2D eigenvalue weighted by molar-refractivity contribution is -0.121. The molecule has 2 aliphatic rings. The van der Waals surface area contributed by atoms with Crippen molar-refractivity contribution >= 4 is 27.5 Å². The highest BCUT2D eigenvalue weighted by molar-refractivity contribution is 7.89. The molecule has 2 amide bonds. The monoisotopic (exact) mass is 382 g/mol. The molecule has 8 nitrogen and oxygen atoms in total. The summed E-state index contributed by atoms with van der Waals surface area (Å²) in [5.74, 6) is -0.642. The van der Waals surface area contributed by atoms with E-state index in [0.717, 1.165) is 11.3 Å². The first-order chi connectivity index (χ1) is 12.4. The SMILES string of the molecule is COc1ccc(N2C(=O)CCC2=O)cc1S(=O)(=O)N1CCCC(CO)C1. The Morgan fingerprint density at radius 2 is 1.92 bits per heavy atom. The summed E-state index contributed by atoms with van der Waals surface area (Å²) < 4.78 is 32.8. The number of aliphatic hydroxyl groups excluding tert-OH is 1. The van der Waals surface area contributed by atoms with Gasteiger partial charge in [0.15, 0.2) is 0 Å². The molecule has 1 atom stereocenters. The number of nitrogens with zero attached hydrogens (tertiary/aromatic N) is 2. The van der Waals surface area contributed by atoms with Crippen LogP contribution in [0, 0.1) is 5.92 Å². The fraction of sp³-hybridized carbons (Fsp3) is 0.529. The van der Waals surface area contributed by atoms with E-state index in [2.05, 4.69) is 0 Å². The number of hydrogen-bond donors (Lipinski definition) is 1. The van der Waals surface area contributed by atoms with Gasteiger partial charge in [-0.25, -0.2) is 8.42 Å². The summed E-state index contributed by atoms with van der Waals surface area (Å²) in [4.78, 5) is 24.9. The minimum absolute atomic E-state index is 0.0695. The zero-order valence-electron chi connectivity index (χ0n) is 14.6. The average molecular weight is 382 g/mol. The number of imide groups is 1. The van der Waals surface area contributed by atoms with E-state index in [1.54, 1.807) is 0 Å². The van der Waals surface area contributed by atoms with Crippen molar-refractivity contribution < 1.29 is 27.9 Å². The number of benzene rings is 1. The molecular formula is C17H22N2O6S. The summed E-state index contributed by atoms with van der Waals surface area (Å²) in [5.41, 5.74) is 0.229. The molecule has 1 aromatic carbocycles. The predicted molar refractivity (Wildman–Crippen MR) is 93.3 cm³/mol. The summed E-state index contributed by atoms with van der Waals surface area (Å²) in [5, 5.41) is 9.36. The van der Waals surface area contributed by atoms with Crippen LogP contribution in [-0.2, 0) is 19.6 Å². The molecule has 0 spiro atoms. The molecule has 0 aromatic heterocycles. The van der Waals surface area contributed by atoms with Crippen LogP contribution in [0.25, 0.3) is 0 Å². The van der Waals surface area contributed by atoms with Gasteiger partial charge in [0.05, 0.1) is 12.8 Å². The first-order valence-corrected chi connectivity index (χ1v) is 9.97. The van der Waals surface area contributed by atoms with Gasteiger partial charge in [-0.15, -0.1) is 0 Å². The molecule has 0 bridgehead atoms. The molecule has 2 saturated heterocycles. The Morgan fingerprint density at radius 3 is 2.54 bits per heavy atom. The molecule has 9 heteroatoms. The second-order valence-corrected chi connectivity index (χ2v) is 8.42. The van der Waals surface area contributed by atoms with E-state index in [9.17, 15) is 23.1 Å². The third-order valence-electron chi connectivity index (χ3n) is 4.81. The van der Waals surface area contributed by atoms with Crippen LogP contribution in [0.1, 0.15) is 25.7 Å². The molecule has 2 aliphatic heterocycles. The van der Waals surface area contributed by atoms with Gasteiger partial charge in [-0.2, -0.15) is 4.31 Å². The Bertz CT molecular complexity index is 807. The maximum atomic E-state index is 13.1. The van der Waals surface area contributed by atoms with Crippen molar-refractivity contribution in [1.29, 1.82) is 0 Å². The summed E-state index contributed by atoms with van der Waals surface area (Å²) in [7, 11) is -2.52. The van der Waals surface area contributed by atoms with Crippen LogP contribution in [0.4, 0.5) is 5.69 Å². The Morgan fingerprint density at radius 1 is 1.23 bits per heavy atom. The van der Waals surface area contributed by atoms with Crippen molar-refractivity contribution in [3.63, 3.8) is 0 Å². The Kier molecular flexibility index (Phi) is 5.31. The molecule has 1 unspecified atom stereocenters. The Balaban J connectivity index is 2.01. The van der Waals surface area contributed by atoms with E-state index < -0.39 is 10.0 Å². The maximum Gasteiger partial charge on any atom is 0.246 e. The van der Waals surface area contributed by atoms with Gasteiger partial charge >= 0.3 is 0 Å². The van der Waals surface area contributed by atoms with Gasteiger partial charge in [-0.1, -0.05) is 0 Å². The zero-order valence-corrected chi connectivity index (χ0v) is 15.4. The third-order valence-corrected chi connectivity index (χ3v) is 6.70. The number of methoxy groups -OCH3 is 1. The minimum atomic E-state index is -3.89. The van der Waals surface area contributed by atoms with E-state index in [1.165, 1.54) is 29.6 Å². The number of anilines is 1. The number of carbonyl (C=O) groups excluding carboxylic acids is 2. The number of hydrogen-bond acceptors (Lipinski definition) is 6. The van der Waals surface area contributed by atoms with E-state index in [0.29, 0.717) is 13.0 Å². The molecule has 26 heavy (non-hydrogen) atoms. The van der Waals surface area contributed by atoms with Crippen LogP contribution in [0.5, 0.6) is 5.75 Å². The van der Waals surface area contributed by atoms with Crippen molar-refractivity contribution in [3.8, 4) is 5.75 Å². The van der Waals surface area contributed by atoms with Crippen molar-refractivity contribution in [3.05, 3.63) is 18.2 Å². The quantitative estimate of drug-likeness (QED) is 0.754. The van der Waals surface area contributed by atoms with Gasteiger partial charge in [0.25, 0.3) is 0 Å². The highest BCUT2D eigenvalue weighted by atomic mass is 32.2. The first-order valence-electron chi connectivity index (χ1n) is 8.53.